The maximum absolute atomic E-state index is 5.39. The molecule has 88 valence electrons. The van der Waals surface area contributed by atoms with Crippen molar-refractivity contribution in [2.24, 2.45) is 5.84 Å². The van der Waals surface area contributed by atoms with Crippen molar-refractivity contribution < 1.29 is 0 Å². The number of nitrogen functional groups attached to an aromatic ring is 1. The van der Waals surface area contributed by atoms with Gasteiger partial charge in [0.1, 0.15) is 17.2 Å². The van der Waals surface area contributed by atoms with Gasteiger partial charge >= 0.3 is 0 Å². The fraction of sp³-hybridized carbons (Fsp3) is 0.167. The smallest absolute Gasteiger partial charge is 0.147 e. The number of aromatic nitrogens is 2. The summed E-state index contributed by atoms with van der Waals surface area (Å²) >= 11 is 1.61. The third-order valence-corrected chi connectivity index (χ3v) is 3.47. The van der Waals surface area contributed by atoms with E-state index >= 15 is 0 Å². The Morgan fingerprint density at radius 2 is 2.06 bits per heavy atom. The highest BCUT2D eigenvalue weighted by Gasteiger charge is 2.07. The molecular weight excluding hydrogens is 232 g/mol. The lowest BCUT2D eigenvalue weighted by atomic mass is 10.2. The lowest BCUT2D eigenvalue weighted by Crippen LogP contribution is -2.10. The number of hydrazine groups is 1. The second-order valence-electron chi connectivity index (χ2n) is 3.72. The van der Waals surface area contributed by atoms with Crippen LogP contribution >= 0.6 is 11.8 Å². The number of nitrogens with zero attached hydrogens (tertiary/aromatic N) is 2. The molecule has 1 heterocycles. The second kappa shape index (κ2) is 5.16. The molecule has 0 fully saturated rings. The van der Waals surface area contributed by atoms with Gasteiger partial charge in [0.2, 0.25) is 0 Å². The van der Waals surface area contributed by atoms with Crippen LogP contribution in [0.3, 0.4) is 0 Å². The van der Waals surface area contributed by atoms with E-state index < -0.39 is 0 Å². The molecule has 0 aliphatic heterocycles. The van der Waals surface area contributed by atoms with Crippen LogP contribution in [0, 0.1) is 13.8 Å². The topological polar surface area (TPSA) is 63.8 Å². The first kappa shape index (κ1) is 11.9. The van der Waals surface area contributed by atoms with Gasteiger partial charge in [-0.1, -0.05) is 29.5 Å². The van der Waals surface area contributed by atoms with Gasteiger partial charge in [0.05, 0.1) is 0 Å². The van der Waals surface area contributed by atoms with Gasteiger partial charge in [0, 0.05) is 10.5 Å². The molecule has 0 radical (unpaired) electrons. The number of aryl methyl sites for hydroxylation is 1. The number of hydrogen-bond donors (Lipinski definition) is 2. The van der Waals surface area contributed by atoms with E-state index in [0.717, 1.165) is 15.5 Å². The molecule has 17 heavy (non-hydrogen) atoms. The Kier molecular flexibility index (Phi) is 3.61. The minimum Gasteiger partial charge on any atom is -0.308 e. The fourth-order valence-electron chi connectivity index (χ4n) is 1.47. The third-order valence-electron chi connectivity index (χ3n) is 2.38. The molecule has 0 saturated heterocycles. The van der Waals surface area contributed by atoms with Crippen molar-refractivity contribution in [2.45, 2.75) is 23.8 Å². The summed E-state index contributed by atoms with van der Waals surface area (Å²) in [5.41, 5.74) is 4.76. The van der Waals surface area contributed by atoms with Gasteiger partial charge in [-0.3, -0.25) is 0 Å². The maximum atomic E-state index is 5.39. The van der Waals surface area contributed by atoms with Crippen molar-refractivity contribution in [3.05, 3.63) is 41.7 Å². The van der Waals surface area contributed by atoms with Crippen LogP contribution in [0.5, 0.6) is 0 Å². The van der Waals surface area contributed by atoms with Gasteiger partial charge < -0.3 is 5.43 Å². The first-order valence-electron chi connectivity index (χ1n) is 5.23. The number of nitrogens with two attached hydrogens (primary N) is 1. The van der Waals surface area contributed by atoms with Gasteiger partial charge in [0.25, 0.3) is 0 Å². The Hall–Kier alpha value is -1.59. The molecule has 0 unspecified atom stereocenters. The molecule has 4 nitrogen and oxygen atoms in total. The highest BCUT2D eigenvalue weighted by Crippen LogP contribution is 2.30. The summed E-state index contributed by atoms with van der Waals surface area (Å²) in [7, 11) is 0. The summed E-state index contributed by atoms with van der Waals surface area (Å²) in [6.07, 6.45) is 1.51. The van der Waals surface area contributed by atoms with E-state index in [4.69, 9.17) is 5.84 Å². The number of nitrogens with one attached hydrogen (secondary N) is 1. The van der Waals surface area contributed by atoms with Gasteiger partial charge in [-0.25, -0.2) is 15.8 Å². The van der Waals surface area contributed by atoms with Crippen LogP contribution in [0.25, 0.3) is 0 Å². The summed E-state index contributed by atoms with van der Waals surface area (Å²) < 4.78 is 0. The molecule has 0 amide bonds. The van der Waals surface area contributed by atoms with Crippen molar-refractivity contribution in [1.82, 2.24) is 9.97 Å². The van der Waals surface area contributed by atoms with Crippen LogP contribution in [0.2, 0.25) is 0 Å². The Morgan fingerprint density at radius 1 is 1.24 bits per heavy atom. The molecule has 0 bridgehead atoms. The predicted molar refractivity (Wildman–Crippen MR) is 69.9 cm³/mol. The monoisotopic (exact) mass is 246 g/mol. The van der Waals surface area contributed by atoms with Gasteiger partial charge in [-0.05, 0) is 26.0 Å². The van der Waals surface area contributed by atoms with E-state index in [1.54, 1.807) is 11.8 Å². The highest BCUT2D eigenvalue weighted by atomic mass is 32.2. The summed E-state index contributed by atoms with van der Waals surface area (Å²) in [5.74, 6) is 6.05. The quantitative estimate of drug-likeness (QED) is 0.495. The largest absolute Gasteiger partial charge is 0.308 e. The average molecular weight is 246 g/mol. The predicted octanol–water partition coefficient (Wildman–Crippen LogP) is 2.53. The molecule has 0 spiro atoms. The summed E-state index contributed by atoms with van der Waals surface area (Å²) in [5, 5.41) is 0.915. The average Bonchev–Trinajstić information content (AvgIpc) is 2.32. The summed E-state index contributed by atoms with van der Waals surface area (Å²) in [4.78, 5) is 9.49. The minimum absolute atomic E-state index is 0.662. The Morgan fingerprint density at radius 3 is 2.76 bits per heavy atom. The Balaban J connectivity index is 2.30. The van der Waals surface area contributed by atoms with Gasteiger partial charge in [-0.15, -0.1) is 0 Å². The molecule has 1 aromatic carbocycles. The van der Waals surface area contributed by atoms with Crippen LogP contribution in [0.1, 0.15) is 11.1 Å². The van der Waals surface area contributed by atoms with Crippen LogP contribution < -0.4 is 11.3 Å². The van der Waals surface area contributed by atoms with Gasteiger partial charge in [0.15, 0.2) is 0 Å². The summed E-state index contributed by atoms with van der Waals surface area (Å²) in [6, 6.07) is 8.30. The third kappa shape index (κ3) is 2.75. The molecule has 2 rings (SSSR count). The SMILES string of the molecule is Cc1cccc(Sc2ncnc(NN)c2C)c1. The van der Waals surface area contributed by atoms with Crippen molar-refractivity contribution in [2.75, 3.05) is 5.43 Å². The molecule has 1 aromatic heterocycles. The highest BCUT2D eigenvalue weighted by molar-refractivity contribution is 7.99. The van der Waals surface area contributed by atoms with Crippen molar-refractivity contribution in [3.8, 4) is 0 Å². The van der Waals surface area contributed by atoms with Crippen LogP contribution in [0.4, 0.5) is 5.82 Å². The van der Waals surface area contributed by atoms with E-state index in [1.165, 1.54) is 11.9 Å². The van der Waals surface area contributed by atoms with E-state index in [0.29, 0.717) is 5.82 Å². The molecular formula is C12H14N4S. The number of rotatable bonds is 3. The molecule has 0 atom stereocenters. The minimum atomic E-state index is 0.662. The molecule has 0 aliphatic carbocycles. The zero-order valence-electron chi connectivity index (χ0n) is 9.77. The van der Waals surface area contributed by atoms with Gasteiger partial charge in [-0.2, -0.15) is 0 Å². The second-order valence-corrected chi connectivity index (χ2v) is 4.78. The lowest BCUT2D eigenvalue weighted by molar-refractivity contribution is 0.996. The van der Waals surface area contributed by atoms with Crippen molar-refractivity contribution in [3.63, 3.8) is 0 Å². The van der Waals surface area contributed by atoms with Crippen molar-refractivity contribution >= 4 is 17.6 Å². The van der Waals surface area contributed by atoms with Crippen LogP contribution in [-0.2, 0) is 0 Å². The lowest BCUT2D eigenvalue weighted by Gasteiger charge is -2.08. The Bertz CT molecular complexity index is 528. The first-order chi connectivity index (χ1) is 8.20. The van der Waals surface area contributed by atoms with E-state index in [2.05, 4.69) is 40.5 Å². The molecule has 3 N–H and O–H groups in total. The molecule has 0 saturated carbocycles. The normalized spacial score (nSPS) is 10.3. The van der Waals surface area contributed by atoms with Crippen molar-refractivity contribution in [1.29, 1.82) is 0 Å². The first-order valence-corrected chi connectivity index (χ1v) is 6.05. The van der Waals surface area contributed by atoms with E-state index in [1.807, 2.05) is 13.0 Å². The van der Waals surface area contributed by atoms with E-state index in [9.17, 15) is 0 Å². The molecule has 2 aromatic rings. The summed E-state index contributed by atoms with van der Waals surface area (Å²) in [6.45, 7) is 4.02. The number of anilines is 1. The maximum Gasteiger partial charge on any atom is 0.147 e. The number of hydrogen-bond acceptors (Lipinski definition) is 5. The zero-order chi connectivity index (χ0) is 12.3. The fourth-order valence-corrected chi connectivity index (χ4v) is 2.44. The zero-order valence-corrected chi connectivity index (χ0v) is 10.6. The van der Waals surface area contributed by atoms with E-state index in [-0.39, 0.29) is 0 Å². The molecule has 5 heteroatoms. The number of benzene rings is 1. The standard InChI is InChI=1S/C12H14N4S/c1-8-4-3-5-10(6-8)17-12-9(2)11(16-13)14-7-15-12/h3-7H,13H2,1-2H3,(H,14,15,16). The van der Waals surface area contributed by atoms with Crippen LogP contribution in [-0.4, -0.2) is 9.97 Å². The Labute approximate surface area is 105 Å². The van der Waals surface area contributed by atoms with Crippen LogP contribution in [0.15, 0.2) is 40.5 Å². The molecule has 0 aliphatic rings.